The summed E-state index contributed by atoms with van der Waals surface area (Å²) >= 11 is 0. The summed E-state index contributed by atoms with van der Waals surface area (Å²) in [5.74, 6) is 0.619. The molecule has 7 nitrogen and oxygen atoms in total. The second kappa shape index (κ2) is 5.74. The molecule has 1 aromatic carbocycles. The number of aromatic amines is 1. The second-order valence-electron chi connectivity index (χ2n) is 4.84. The number of hydrogen-bond acceptors (Lipinski definition) is 4. The van der Waals surface area contributed by atoms with Crippen LogP contribution in [0.4, 0.5) is 0 Å². The largest absolute Gasteiger partial charge is 0.346 e. The van der Waals surface area contributed by atoms with E-state index in [1.54, 1.807) is 6.33 Å². The first-order valence-electron chi connectivity index (χ1n) is 6.78. The molecule has 7 heteroatoms. The number of fused-ring (bicyclic) bond motifs is 1. The van der Waals surface area contributed by atoms with E-state index in [9.17, 15) is 4.79 Å². The number of carbonyl (C=O) groups is 1. The molecule has 3 rings (SSSR count). The molecule has 0 saturated heterocycles. The molecule has 0 fully saturated rings. The number of carbonyl (C=O) groups excluding carboxylic acids is 1. The number of aryl methyl sites for hydroxylation is 1. The Morgan fingerprint density at radius 3 is 3.05 bits per heavy atom. The number of imidazole rings is 1. The topological polar surface area (TPSA) is 88.5 Å². The Morgan fingerprint density at radius 2 is 2.24 bits per heavy atom. The highest BCUT2D eigenvalue weighted by atomic mass is 16.1. The van der Waals surface area contributed by atoms with E-state index < -0.39 is 0 Å². The van der Waals surface area contributed by atoms with Crippen LogP contribution >= 0.6 is 0 Å². The molecule has 2 heterocycles. The number of aromatic nitrogens is 5. The van der Waals surface area contributed by atoms with E-state index in [0.29, 0.717) is 18.8 Å². The van der Waals surface area contributed by atoms with Gasteiger partial charge in [-0.25, -0.2) is 9.97 Å². The quantitative estimate of drug-likeness (QED) is 0.741. The van der Waals surface area contributed by atoms with Crippen molar-refractivity contribution >= 4 is 16.9 Å². The second-order valence-corrected chi connectivity index (χ2v) is 4.84. The number of amides is 1. The van der Waals surface area contributed by atoms with Gasteiger partial charge >= 0.3 is 0 Å². The van der Waals surface area contributed by atoms with Crippen LogP contribution in [0.2, 0.25) is 0 Å². The van der Waals surface area contributed by atoms with Gasteiger partial charge in [-0.05, 0) is 19.1 Å². The minimum Gasteiger partial charge on any atom is -0.346 e. The monoisotopic (exact) mass is 284 g/mol. The van der Waals surface area contributed by atoms with E-state index >= 15 is 0 Å². The molecule has 2 N–H and O–H groups in total. The minimum atomic E-state index is -0.181. The van der Waals surface area contributed by atoms with E-state index in [4.69, 9.17) is 0 Å². The van der Waals surface area contributed by atoms with Crippen molar-refractivity contribution in [1.29, 1.82) is 0 Å². The van der Waals surface area contributed by atoms with Crippen LogP contribution in [0, 0.1) is 0 Å². The summed E-state index contributed by atoms with van der Waals surface area (Å²) in [6, 6.07) is 7.69. The summed E-state index contributed by atoms with van der Waals surface area (Å²) in [6.45, 7) is 2.46. The summed E-state index contributed by atoms with van der Waals surface area (Å²) in [5, 5.41) is 9.40. The first kappa shape index (κ1) is 13.3. The standard InChI is InChI=1S/C14H16N6O/c1-10(14-15-8-17-19-14)18-13(21)6-7-20-9-16-11-4-2-3-5-12(11)20/h2-5,8-10H,6-7H2,1H3,(H,18,21)(H,15,17,19). The molecule has 0 aliphatic carbocycles. The number of H-pyrrole nitrogens is 1. The Balaban J connectivity index is 1.58. The van der Waals surface area contributed by atoms with Gasteiger partial charge in [0.25, 0.3) is 0 Å². The van der Waals surface area contributed by atoms with Crippen LogP contribution in [0.3, 0.4) is 0 Å². The molecule has 2 aromatic heterocycles. The lowest BCUT2D eigenvalue weighted by Crippen LogP contribution is -2.28. The fourth-order valence-corrected chi connectivity index (χ4v) is 2.22. The fourth-order valence-electron chi connectivity index (χ4n) is 2.22. The molecule has 0 spiro atoms. The lowest BCUT2D eigenvalue weighted by Gasteiger charge is -2.11. The molecule has 0 bridgehead atoms. The van der Waals surface area contributed by atoms with E-state index in [1.165, 1.54) is 6.33 Å². The first-order valence-corrected chi connectivity index (χ1v) is 6.78. The van der Waals surface area contributed by atoms with Crippen molar-refractivity contribution in [3.63, 3.8) is 0 Å². The molecule has 21 heavy (non-hydrogen) atoms. The van der Waals surface area contributed by atoms with Crippen molar-refractivity contribution in [2.75, 3.05) is 0 Å². The average molecular weight is 284 g/mol. The maximum atomic E-state index is 12.0. The number of nitrogens with zero attached hydrogens (tertiary/aromatic N) is 4. The summed E-state index contributed by atoms with van der Waals surface area (Å²) in [5.41, 5.74) is 1.97. The minimum absolute atomic E-state index is 0.0309. The van der Waals surface area contributed by atoms with Gasteiger partial charge < -0.3 is 9.88 Å². The van der Waals surface area contributed by atoms with Gasteiger partial charge in [-0.2, -0.15) is 5.10 Å². The van der Waals surface area contributed by atoms with Gasteiger partial charge in [0.1, 0.15) is 12.2 Å². The SMILES string of the molecule is CC(NC(=O)CCn1cnc2ccccc21)c1ncn[nH]1. The van der Waals surface area contributed by atoms with Crippen molar-refractivity contribution in [2.45, 2.75) is 25.9 Å². The van der Waals surface area contributed by atoms with E-state index in [-0.39, 0.29) is 11.9 Å². The first-order chi connectivity index (χ1) is 10.2. The number of para-hydroxylation sites is 2. The zero-order chi connectivity index (χ0) is 14.7. The average Bonchev–Trinajstić information content (AvgIpc) is 3.15. The maximum Gasteiger partial charge on any atom is 0.222 e. The molecular weight excluding hydrogens is 268 g/mol. The van der Waals surface area contributed by atoms with Crippen LogP contribution < -0.4 is 5.32 Å². The van der Waals surface area contributed by atoms with Crippen LogP contribution in [-0.4, -0.2) is 30.6 Å². The highest BCUT2D eigenvalue weighted by molar-refractivity contribution is 5.77. The molecule has 0 aliphatic heterocycles. The Kier molecular flexibility index (Phi) is 3.63. The van der Waals surface area contributed by atoms with Crippen molar-refractivity contribution in [1.82, 2.24) is 30.0 Å². The molecule has 0 radical (unpaired) electrons. The lowest BCUT2D eigenvalue weighted by molar-refractivity contribution is -0.122. The molecule has 1 atom stereocenters. The van der Waals surface area contributed by atoms with Crippen LogP contribution in [0.15, 0.2) is 36.9 Å². The normalized spacial score (nSPS) is 12.4. The van der Waals surface area contributed by atoms with Crippen LogP contribution in [0.25, 0.3) is 11.0 Å². The molecular formula is C14H16N6O. The summed E-state index contributed by atoms with van der Waals surface area (Å²) in [7, 11) is 0. The van der Waals surface area contributed by atoms with Crippen molar-refractivity contribution in [3.8, 4) is 0 Å². The lowest BCUT2D eigenvalue weighted by atomic mass is 10.3. The van der Waals surface area contributed by atoms with E-state index in [1.807, 2.05) is 35.8 Å². The third-order valence-electron chi connectivity index (χ3n) is 3.33. The third-order valence-corrected chi connectivity index (χ3v) is 3.33. The molecule has 108 valence electrons. The predicted octanol–water partition coefficient (Wildman–Crippen LogP) is 1.42. The van der Waals surface area contributed by atoms with Gasteiger partial charge in [0.05, 0.1) is 23.4 Å². The van der Waals surface area contributed by atoms with Gasteiger partial charge in [-0.15, -0.1) is 0 Å². The summed E-state index contributed by atoms with van der Waals surface area (Å²) in [4.78, 5) is 20.3. The van der Waals surface area contributed by atoms with Crippen LogP contribution in [0.1, 0.15) is 25.2 Å². The highest BCUT2D eigenvalue weighted by Crippen LogP contribution is 2.12. The number of nitrogens with one attached hydrogen (secondary N) is 2. The molecule has 1 amide bonds. The Labute approximate surface area is 121 Å². The van der Waals surface area contributed by atoms with E-state index in [2.05, 4.69) is 25.5 Å². The number of benzene rings is 1. The van der Waals surface area contributed by atoms with Gasteiger partial charge in [0.15, 0.2) is 0 Å². The van der Waals surface area contributed by atoms with E-state index in [0.717, 1.165) is 11.0 Å². The third kappa shape index (κ3) is 2.91. The van der Waals surface area contributed by atoms with Gasteiger partial charge in [-0.3, -0.25) is 9.89 Å². The Morgan fingerprint density at radius 1 is 1.38 bits per heavy atom. The predicted molar refractivity (Wildman–Crippen MR) is 77.3 cm³/mol. The Hall–Kier alpha value is -2.70. The fraction of sp³-hybridized carbons (Fsp3) is 0.286. The molecule has 0 saturated carbocycles. The Bertz CT molecular complexity index is 733. The van der Waals surface area contributed by atoms with Crippen LogP contribution in [-0.2, 0) is 11.3 Å². The summed E-state index contributed by atoms with van der Waals surface area (Å²) in [6.07, 6.45) is 3.58. The molecule has 1 unspecified atom stereocenters. The maximum absolute atomic E-state index is 12.0. The number of rotatable bonds is 5. The molecule has 0 aliphatic rings. The van der Waals surface area contributed by atoms with Gasteiger partial charge in [-0.1, -0.05) is 12.1 Å². The zero-order valence-electron chi connectivity index (χ0n) is 11.7. The van der Waals surface area contributed by atoms with Crippen molar-refractivity contribution in [3.05, 3.63) is 42.7 Å². The van der Waals surface area contributed by atoms with Crippen LogP contribution in [0.5, 0.6) is 0 Å². The van der Waals surface area contributed by atoms with Gasteiger partial charge in [0.2, 0.25) is 5.91 Å². The van der Waals surface area contributed by atoms with Gasteiger partial charge in [0, 0.05) is 13.0 Å². The van der Waals surface area contributed by atoms with Crippen molar-refractivity contribution < 1.29 is 4.79 Å². The molecule has 3 aromatic rings. The smallest absolute Gasteiger partial charge is 0.222 e. The number of hydrogen-bond donors (Lipinski definition) is 2. The summed E-state index contributed by atoms with van der Waals surface area (Å²) < 4.78 is 1.98. The van der Waals surface area contributed by atoms with Crippen molar-refractivity contribution in [2.24, 2.45) is 0 Å². The zero-order valence-corrected chi connectivity index (χ0v) is 11.7. The highest BCUT2D eigenvalue weighted by Gasteiger charge is 2.12.